The van der Waals surface area contributed by atoms with E-state index >= 15 is 0 Å². The molecule has 162 valence electrons. The van der Waals surface area contributed by atoms with Crippen LogP contribution in [-0.2, 0) is 34.0 Å². The number of esters is 2. The Balaban J connectivity index is 1.95. The van der Waals surface area contributed by atoms with E-state index in [1.54, 1.807) is 31.2 Å². The summed E-state index contributed by atoms with van der Waals surface area (Å²) in [5.41, 5.74) is 5.77. The fraction of sp³-hybridized carbons (Fsp3) is 0.333. The fourth-order valence-electron chi connectivity index (χ4n) is 4.22. The molecule has 1 atom stereocenters. The third-order valence-electron chi connectivity index (χ3n) is 5.52. The molecule has 0 saturated carbocycles. The first-order chi connectivity index (χ1) is 14.9. The van der Waals surface area contributed by atoms with E-state index < -0.39 is 23.3 Å². The maximum absolute atomic E-state index is 13.9. The number of aromatic nitrogens is 1. The van der Waals surface area contributed by atoms with Gasteiger partial charge in [-0.25, -0.2) is 4.79 Å². The molecule has 2 aromatic rings. The van der Waals surface area contributed by atoms with Crippen molar-refractivity contribution in [2.24, 2.45) is 0 Å². The number of nitrogens with zero attached hydrogens (tertiary/aromatic N) is 2. The first kappa shape index (κ1) is 20.6. The Kier molecular flexibility index (Phi) is 5.02. The Morgan fingerprint density at radius 3 is 2.68 bits per heavy atom. The average molecular weight is 427 g/mol. The summed E-state index contributed by atoms with van der Waals surface area (Å²) in [6.07, 6.45) is 0. The van der Waals surface area contributed by atoms with Gasteiger partial charge in [-0.05, 0) is 12.5 Å². The Morgan fingerprint density at radius 1 is 1.23 bits per heavy atom. The Bertz CT molecular complexity index is 1120. The number of methoxy groups -OCH3 is 2. The minimum atomic E-state index is -1.64. The van der Waals surface area contributed by atoms with Crippen LogP contribution in [0.2, 0.25) is 0 Å². The molecular weight excluding hydrogens is 406 g/mol. The van der Waals surface area contributed by atoms with Crippen LogP contribution in [0.4, 0.5) is 6.01 Å². The van der Waals surface area contributed by atoms with Gasteiger partial charge in [0.1, 0.15) is 18.8 Å². The molecule has 31 heavy (non-hydrogen) atoms. The zero-order valence-corrected chi connectivity index (χ0v) is 17.3. The molecule has 4 rings (SSSR count). The molecule has 0 bridgehead atoms. The van der Waals surface area contributed by atoms with Crippen molar-refractivity contribution in [3.05, 3.63) is 46.8 Å². The molecule has 1 amide bonds. The highest BCUT2D eigenvalue weighted by Crippen LogP contribution is 2.57. The monoisotopic (exact) mass is 427 g/mol. The van der Waals surface area contributed by atoms with Crippen LogP contribution in [0.15, 0.2) is 40.0 Å². The van der Waals surface area contributed by atoms with Gasteiger partial charge in [0.2, 0.25) is 5.91 Å². The van der Waals surface area contributed by atoms with E-state index in [1.807, 2.05) is 0 Å². The summed E-state index contributed by atoms with van der Waals surface area (Å²) in [5, 5.41) is 0. The van der Waals surface area contributed by atoms with Crippen molar-refractivity contribution in [1.29, 1.82) is 0 Å². The normalized spacial score (nSPS) is 19.1. The lowest BCUT2D eigenvalue weighted by Gasteiger charge is -2.26. The van der Waals surface area contributed by atoms with Gasteiger partial charge in [0.05, 0.1) is 19.3 Å². The SMILES string of the molecule is COCCOC(=O)C1=C(C)N(CC(=O)OC)C(=O)[C@]12c1ccccc1-c1oc(N)nc12. The maximum Gasteiger partial charge on any atom is 0.337 e. The largest absolute Gasteiger partial charge is 0.468 e. The van der Waals surface area contributed by atoms with Gasteiger partial charge in [0.25, 0.3) is 6.01 Å². The molecule has 0 saturated heterocycles. The summed E-state index contributed by atoms with van der Waals surface area (Å²) >= 11 is 0. The lowest BCUT2D eigenvalue weighted by molar-refractivity contribution is -0.146. The number of ether oxygens (including phenoxy) is 3. The summed E-state index contributed by atoms with van der Waals surface area (Å²) < 4.78 is 20.7. The first-order valence-corrected chi connectivity index (χ1v) is 9.50. The highest BCUT2D eigenvalue weighted by atomic mass is 16.6. The number of oxazole rings is 1. The van der Waals surface area contributed by atoms with Crippen molar-refractivity contribution < 1.29 is 33.0 Å². The van der Waals surface area contributed by atoms with Crippen molar-refractivity contribution in [3.63, 3.8) is 0 Å². The molecule has 2 N–H and O–H groups in total. The Hall–Kier alpha value is -3.66. The molecule has 2 aliphatic rings. The molecule has 0 unspecified atom stereocenters. The molecule has 0 radical (unpaired) electrons. The quantitative estimate of drug-likeness (QED) is 0.529. The molecule has 10 nitrogen and oxygen atoms in total. The number of allylic oxidation sites excluding steroid dienone is 1. The van der Waals surface area contributed by atoms with Crippen LogP contribution in [-0.4, -0.2) is 61.7 Å². The second-order valence-corrected chi connectivity index (χ2v) is 7.08. The van der Waals surface area contributed by atoms with E-state index in [-0.39, 0.29) is 42.7 Å². The minimum absolute atomic E-state index is 0.0111. The maximum atomic E-state index is 13.9. The van der Waals surface area contributed by atoms with Crippen molar-refractivity contribution in [2.75, 3.05) is 39.7 Å². The third kappa shape index (κ3) is 2.82. The predicted molar refractivity (Wildman–Crippen MR) is 106 cm³/mol. The summed E-state index contributed by atoms with van der Waals surface area (Å²) in [6.45, 7) is 1.38. The van der Waals surface area contributed by atoms with E-state index in [4.69, 9.17) is 24.4 Å². The predicted octanol–water partition coefficient (Wildman–Crippen LogP) is 1.00. The van der Waals surface area contributed by atoms with Crippen LogP contribution >= 0.6 is 0 Å². The number of anilines is 1. The Labute approximate surface area is 177 Å². The fourth-order valence-corrected chi connectivity index (χ4v) is 4.22. The van der Waals surface area contributed by atoms with E-state index in [2.05, 4.69) is 4.98 Å². The van der Waals surface area contributed by atoms with E-state index in [9.17, 15) is 14.4 Å². The molecule has 1 aliphatic carbocycles. The summed E-state index contributed by atoms with van der Waals surface area (Å²) in [5.74, 6) is -1.59. The van der Waals surface area contributed by atoms with Crippen LogP contribution in [0.25, 0.3) is 11.3 Å². The molecule has 2 heterocycles. The van der Waals surface area contributed by atoms with Gasteiger partial charge < -0.3 is 29.3 Å². The zero-order chi connectivity index (χ0) is 22.3. The minimum Gasteiger partial charge on any atom is -0.468 e. The molecule has 1 aliphatic heterocycles. The van der Waals surface area contributed by atoms with Gasteiger partial charge in [0, 0.05) is 18.4 Å². The number of amides is 1. The molecule has 0 fully saturated rings. The van der Waals surface area contributed by atoms with Crippen molar-refractivity contribution in [3.8, 4) is 11.3 Å². The van der Waals surface area contributed by atoms with Gasteiger partial charge in [-0.1, -0.05) is 24.3 Å². The van der Waals surface area contributed by atoms with Crippen LogP contribution in [0.5, 0.6) is 0 Å². The van der Waals surface area contributed by atoms with Gasteiger partial charge in [-0.15, -0.1) is 0 Å². The second-order valence-electron chi connectivity index (χ2n) is 7.08. The summed E-state index contributed by atoms with van der Waals surface area (Å²) in [7, 11) is 2.70. The van der Waals surface area contributed by atoms with E-state index in [0.29, 0.717) is 16.9 Å². The summed E-state index contributed by atoms with van der Waals surface area (Å²) in [4.78, 5) is 44.6. The molecule has 1 aromatic heterocycles. The van der Waals surface area contributed by atoms with Crippen molar-refractivity contribution in [1.82, 2.24) is 9.88 Å². The molecule has 1 spiro atoms. The number of carbonyl (C=O) groups is 3. The number of rotatable bonds is 6. The highest BCUT2D eigenvalue weighted by molar-refractivity contribution is 6.14. The Morgan fingerprint density at radius 2 is 1.97 bits per heavy atom. The molecule has 10 heteroatoms. The number of nitrogen functional groups attached to an aromatic ring is 1. The molecular formula is C21H21N3O7. The van der Waals surface area contributed by atoms with Crippen LogP contribution < -0.4 is 5.73 Å². The van der Waals surface area contributed by atoms with Crippen molar-refractivity contribution in [2.45, 2.75) is 12.3 Å². The number of hydrogen-bond donors (Lipinski definition) is 1. The van der Waals surface area contributed by atoms with E-state index in [0.717, 1.165) is 0 Å². The van der Waals surface area contributed by atoms with Gasteiger partial charge in [-0.3, -0.25) is 9.59 Å². The molecule has 1 aromatic carbocycles. The first-order valence-electron chi connectivity index (χ1n) is 9.50. The van der Waals surface area contributed by atoms with Crippen LogP contribution in [0.3, 0.4) is 0 Å². The van der Waals surface area contributed by atoms with Crippen LogP contribution in [0.1, 0.15) is 18.2 Å². The lowest BCUT2D eigenvalue weighted by atomic mass is 9.74. The van der Waals surface area contributed by atoms with Crippen LogP contribution in [0, 0.1) is 0 Å². The van der Waals surface area contributed by atoms with Gasteiger partial charge in [-0.2, -0.15) is 4.98 Å². The smallest absolute Gasteiger partial charge is 0.337 e. The van der Waals surface area contributed by atoms with Gasteiger partial charge >= 0.3 is 11.9 Å². The van der Waals surface area contributed by atoms with Crippen molar-refractivity contribution >= 4 is 23.9 Å². The van der Waals surface area contributed by atoms with E-state index in [1.165, 1.54) is 19.1 Å². The number of benzene rings is 1. The zero-order valence-electron chi connectivity index (χ0n) is 17.3. The standard InChI is InChI=1S/C21H21N3O7/c1-11-15(18(26)30-9-8-28-2)21(19(27)24(11)10-14(25)29-3)13-7-5-4-6-12(13)16-17(21)23-20(22)31-16/h4-7H,8-10H2,1-3H3,(H2,22,23)/t21-/m1/s1. The lowest BCUT2D eigenvalue weighted by Crippen LogP contribution is -2.43. The summed E-state index contributed by atoms with van der Waals surface area (Å²) in [6, 6.07) is 6.86. The number of carbonyl (C=O) groups excluding carboxylic acids is 3. The average Bonchev–Trinajstić information content (AvgIpc) is 3.33. The van der Waals surface area contributed by atoms with Gasteiger partial charge in [0.15, 0.2) is 11.2 Å². The number of hydrogen-bond acceptors (Lipinski definition) is 9. The number of nitrogens with two attached hydrogens (primary N) is 1. The third-order valence-corrected chi connectivity index (χ3v) is 5.52. The number of fused-ring (bicyclic) bond motifs is 5. The topological polar surface area (TPSA) is 134 Å². The second kappa shape index (κ2) is 7.55. The highest BCUT2D eigenvalue weighted by Gasteiger charge is 2.63.